The number of benzene rings is 3. The summed E-state index contributed by atoms with van der Waals surface area (Å²) in [7, 11) is -3.86. The third-order valence-corrected chi connectivity index (χ3v) is 11.8. The quantitative estimate of drug-likeness (QED) is 0.0920. The van der Waals surface area contributed by atoms with Crippen LogP contribution in [-0.2, 0) is 22.9 Å². The van der Waals surface area contributed by atoms with Gasteiger partial charge in [0.2, 0.25) is 0 Å². The number of fused-ring (bicyclic) bond motifs is 2. The molecule has 248 valence electrons. The molecule has 0 bridgehead atoms. The Morgan fingerprint density at radius 1 is 1.04 bits per heavy atom. The molecule has 1 aliphatic rings. The minimum absolute atomic E-state index is 0.0952. The van der Waals surface area contributed by atoms with Crippen molar-refractivity contribution in [3.8, 4) is 0 Å². The number of nitrogens with one attached hydrogen (secondary N) is 1. The molecule has 0 saturated heterocycles. The van der Waals surface area contributed by atoms with E-state index in [0.29, 0.717) is 18.5 Å². The maximum Gasteiger partial charge on any atom is 0.264 e. The summed E-state index contributed by atoms with van der Waals surface area (Å²) < 4.78 is 29.4. The normalized spacial score (nSPS) is 15.3. The van der Waals surface area contributed by atoms with Gasteiger partial charge in [0.15, 0.2) is 5.13 Å². The minimum atomic E-state index is -3.86. The summed E-state index contributed by atoms with van der Waals surface area (Å²) in [5.74, 6) is 0. The number of anilines is 3. The summed E-state index contributed by atoms with van der Waals surface area (Å²) in [5, 5.41) is 15.6. The van der Waals surface area contributed by atoms with Gasteiger partial charge in [0.25, 0.3) is 10.0 Å². The fourth-order valence-corrected chi connectivity index (χ4v) is 9.09. The van der Waals surface area contributed by atoms with E-state index in [-0.39, 0.29) is 24.0 Å². The first-order chi connectivity index (χ1) is 22.9. The van der Waals surface area contributed by atoms with Crippen LogP contribution < -0.4 is 14.9 Å². The third kappa shape index (κ3) is 7.41. The number of aliphatic hydroxyl groups is 1. The number of hydrogen-bond acceptors (Lipinski definition) is 7. The maximum atomic E-state index is 14.0. The number of rotatable bonds is 16. The molecule has 3 aromatic carbocycles. The molecule has 1 aliphatic heterocycles. The van der Waals surface area contributed by atoms with Crippen molar-refractivity contribution in [2.24, 2.45) is 5.73 Å². The lowest BCUT2D eigenvalue weighted by molar-refractivity contribution is 0.159. The van der Waals surface area contributed by atoms with Gasteiger partial charge in [-0.1, -0.05) is 63.3 Å². The number of nitrogens with zero attached hydrogens (tertiary/aromatic N) is 3. The van der Waals surface area contributed by atoms with E-state index >= 15 is 0 Å². The molecule has 0 saturated carbocycles. The second-order valence-corrected chi connectivity index (χ2v) is 15.1. The Bertz CT molecular complexity index is 1870. The zero-order valence-electron chi connectivity index (χ0n) is 27.0. The maximum absolute atomic E-state index is 14.0. The Hall–Kier alpha value is -3.70. The first-order valence-electron chi connectivity index (χ1n) is 16.8. The molecule has 4 N–H and O–H groups in total. The monoisotopic (exact) mass is 671 g/mol. The topological polar surface area (TPSA) is 116 Å². The van der Waals surface area contributed by atoms with E-state index in [0.717, 1.165) is 51.4 Å². The Morgan fingerprint density at radius 3 is 2.66 bits per heavy atom. The van der Waals surface area contributed by atoms with Gasteiger partial charge in [-0.15, -0.1) is 11.3 Å². The van der Waals surface area contributed by atoms with Crippen LogP contribution in [0.3, 0.4) is 0 Å². The van der Waals surface area contributed by atoms with Crippen molar-refractivity contribution in [3.05, 3.63) is 101 Å². The molecule has 3 heterocycles. The van der Waals surface area contributed by atoms with Gasteiger partial charge >= 0.3 is 0 Å². The predicted octanol–water partition coefficient (Wildman–Crippen LogP) is 7.87. The lowest BCUT2D eigenvalue weighted by Crippen LogP contribution is -2.35. The van der Waals surface area contributed by atoms with Crippen LogP contribution in [0, 0.1) is 0 Å². The highest BCUT2D eigenvalue weighted by Crippen LogP contribution is 2.44. The Morgan fingerprint density at radius 2 is 1.85 bits per heavy atom. The summed E-state index contributed by atoms with van der Waals surface area (Å²) in [6, 6.07) is 22.4. The molecule has 0 amide bonds. The number of aliphatic hydroxyl groups excluding tert-OH is 1. The molecule has 47 heavy (non-hydrogen) atoms. The lowest BCUT2D eigenvalue weighted by atomic mass is 9.98. The second-order valence-electron chi connectivity index (χ2n) is 12.4. The van der Waals surface area contributed by atoms with Crippen molar-refractivity contribution >= 4 is 48.8 Å². The van der Waals surface area contributed by atoms with Gasteiger partial charge in [0, 0.05) is 41.9 Å². The Balaban J connectivity index is 1.28. The summed E-state index contributed by atoms with van der Waals surface area (Å²) in [4.78, 5) is 10.7. The summed E-state index contributed by atoms with van der Waals surface area (Å²) in [6.07, 6.45) is 10.6. The molecule has 0 aliphatic carbocycles. The van der Waals surface area contributed by atoms with Crippen LogP contribution in [0.1, 0.15) is 74.8 Å². The van der Waals surface area contributed by atoms with Crippen molar-refractivity contribution < 1.29 is 13.5 Å². The predicted molar refractivity (Wildman–Crippen MR) is 193 cm³/mol. The number of hydrogen-bond donors (Lipinski definition) is 3. The number of sulfonamides is 1. The Labute approximate surface area is 282 Å². The Kier molecular flexibility index (Phi) is 10.6. The molecule has 6 rings (SSSR count). The van der Waals surface area contributed by atoms with Gasteiger partial charge in [0.1, 0.15) is 0 Å². The fourth-order valence-electron chi connectivity index (χ4n) is 6.62. The van der Waals surface area contributed by atoms with Crippen LogP contribution in [0.2, 0.25) is 0 Å². The molecule has 0 fully saturated rings. The van der Waals surface area contributed by atoms with E-state index in [1.165, 1.54) is 36.4 Å². The number of para-hydroxylation sites is 1. The summed E-state index contributed by atoms with van der Waals surface area (Å²) in [5.41, 5.74) is 11.3. The number of unbranched alkanes of at least 4 members (excludes halogenated alkanes) is 5. The third-order valence-electron chi connectivity index (χ3n) is 9.09. The number of H-pyrrole nitrogens is 1. The van der Waals surface area contributed by atoms with Crippen LogP contribution in [0.5, 0.6) is 0 Å². The molecular weight excluding hydrogens is 627 g/mol. The van der Waals surface area contributed by atoms with Crippen molar-refractivity contribution in [1.29, 1.82) is 0 Å². The van der Waals surface area contributed by atoms with Crippen molar-refractivity contribution in [3.63, 3.8) is 0 Å². The largest absolute Gasteiger partial charge is 0.388 e. The van der Waals surface area contributed by atoms with E-state index in [9.17, 15) is 13.5 Å². The smallest absolute Gasteiger partial charge is 0.264 e. The second kappa shape index (κ2) is 15.0. The van der Waals surface area contributed by atoms with Crippen LogP contribution >= 0.6 is 11.3 Å². The first-order valence-corrected chi connectivity index (χ1v) is 19.1. The number of nitrogens with two attached hydrogens (primary N) is 1. The molecule has 0 radical (unpaired) electrons. The number of thiazole rings is 1. The van der Waals surface area contributed by atoms with Gasteiger partial charge in [0.05, 0.1) is 22.4 Å². The highest BCUT2D eigenvalue weighted by atomic mass is 32.2. The highest BCUT2D eigenvalue weighted by molar-refractivity contribution is 7.92. The first kappa shape index (κ1) is 33.2. The molecule has 2 unspecified atom stereocenters. The average molecular weight is 672 g/mol. The summed E-state index contributed by atoms with van der Waals surface area (Å²) in [6.45, 7) is 2.62. The molecule has 8 nitrogen and oxygen atoms in total. The van der Waals surface area contributed by atoms with Crippen LogP contribution in [0.4, 0.5) is 16.5 Å². The van der Waals surface area contributed by atoms with Crippen molar-refractivity contribution in [2.45, 2.75) is 81.8 Å². The van der Waals surface area contributed by atoms with E-state index in [2.05, 4.69) is 22.2 Å². The zero-order valence-corrected chi connectivity index (χ0v) is 28.6. The average Bonchev–Trinajstić information content (AvgIpc) is 3.83. The number of aryl methyl sites for hydroxylation is 1. The minimum Gasteiger partial charge on any atom is -0.388 e. The number of aromatic nitrogens is 2. The SMILES string of the molecule is CCCCCCCCc1csc(N2c3ccc(S(=O)(=O)N(CCN)c4ccccc4)cc3CC2CC(O)c2ccc3[nH]ccc3c2)n1. The van der Waals surface area contributed by atoms with Gasteiger partial charge < -0.3 is 20.7 Å². The lowest BCUT2D eigenvalue weighted by Gasteiger charge is -2.27. The van der Waals surface area contributed by atoms with Crippen LogP contribution in [-0.4, -0.2) is 42.6 Å². The standard InChI is InChI=1S/C37H45N5O3S2/c1-2-3-4-5-6-8-11-30-26-46-37(40-30)42-32(25-36(43)28-14-16-34-27(22-28)18-20-39-34)23-29-24-33(15-17-35(29)42)47(44,45)41(21-19-38)31-12-9-7-10-13-31/h7,9-10,12-18,20,22,24,26,32,36,39,43H,2-6,8,11,19,21,23,25,38H2,1H3. The van der Waals surface area contributed by atoms with Crippen LogP contribution in [0.25, 0.3) is 10.9 Å². The van der Waals surface area contributed by atoms with E-state index in [4.69, 9.17) is 10.7 Å². The molecular formula is C37H45N5O3S2. The van der Waals surface area contributed by atoms with Gasteiger partial charge in [-0.25, -0.2) is 13.4 Å². The van der Waals surface area contributed by atoms with Gasteiger partial charge in [-0.05, 0) is 90.7 Å². The molecule has 2 aromatic heterocycles. The molecule has 5 aromatic rings. The van der Waals surface area contributed by atoms with E-state index in [1.54, 1.807) is 35.6 Å². The van der Waals surface area contributed by atoms with E-state index in [1.807, 2.05) is 54.7 Å². The van der Waals surface area contributed by atoms with Gasteiger partial charge in [-0.2, -0.15) is 0 Å². The van der Waals surface area contributed by atoms with E-state index < -0.39 is 16.1 Å². The number of aromatic amines is 1. The fraction of sp³-hybridized carbons (Fsp3) is 0.378. The molecule has 2 atom stereocenters. The highest BCUT2D eigenvalue weighted by Gasteiger charge is 2.36. The summed E-state index contributed by atoms with van der Waals surface area (Å²) >= 11 is 1.62. The molecule has 0 spiro atoms. The van der Waals surface area contributed by atoms with Crippen molar-refractivity contribution in [2.75, 3.05) is 22.3 Å². The van der Waals surface area contributed by atoms with Crippen molar-refractivity contribution in [1.82, 2.24) is 9.97 Å². The zero-order chi connectivity index (χ0) is 32.8. The van der Waals surface area contributed by atoms with Crippen LogP contribution in [0.15, 0.2) is 89.3 Å². The van der Waals surface area contributed by atoms with Gasteiger partial charge in [-0.3, -0.25) is 4.31 Å². The molecule has 10 heteroatoms.